The zero-order valence-corrected chi connectivity index (χ0v) is 10.7. The second-order valence-electron chi connectivity index (χ2n) is 3.56. The van der Waals surface area contributed by atoms with Crippen LogP contribution in [0, 0.1) is 6.92 Å². The first-order valence-electron chi connectivity index (χ1n) is 4.72. The smallest absolute Gasteiger partial charge is 0.255 e. The Morgan fingerprint density at radius 3 is 2.62 bits per heavy atom. The van der Waals surface area contributed by atoms with E-state index in [0.717, 1.165) is 10.0 Å². The maximum Gasteiger partial charge on any atom is 0.255 e. The van der Waals surface area contributed by atoms with Crippen molar-refractivity contribution in [2.45, 2.75) is 6.92 Å². The third-order valence-electron chi connectivity index (χ3n) is 2.16. The number of nitrogens with two attached hydrogens (primary N) is 1. The average molecular weight is 285 g/mol. The molecule has 0 aromatic heterocycles. The molecule has 0 saturated heterocycles. The van der Waals surface area contributed by atoms with Crippen LogP contribution in [0.25, 0.3) is 0 Å². The summed E-state index contributed by atoms with van der Waals surface area (Å²) in [6.07, 6.45) is 0. The molecule has 1 rings (SSSR count). The molecule has 0 fully saturated rings. The van der Waals surface area contributed by atoms with E-state index in [-0.39, 0.29) is 12.5 Å². The Bertz CT molecular complexity index is 432. The molecule has 0 aliphatic rings. The van der Waals surface area contributed by atoms with E-state index >= 15 is 0 Å². The Morgan fingerprint density at radius 1 is 1.44 bits per heavy atom. The van der Waals surface area contributed by atoms with Gasteiger partial charge in [-0.25, -0.2) is 0 Å². The number of benzene rings is 1. The molecule has 2 amide bonds. The maximum atomic E-state index is 11.9. The van der Waals surface area contributed by atoms with Crippen LogP contribution >= 0.6 is 15.9 Å². The van der Waals surface area contributed by atoms with Crippen molar-refractivity contribution in [1.29, 1.82) is 0 Å². The van der Waals surface area contributed by atoms with Gasteiger partial charge in [0.05, 0.1) is 12.1 Å². The van der Waals surface area contributed by atoms with Crippen LogP contribution in [0.2, 0.25) is 0 Å². The van der Waals surface area contributed by atoms with Gasteiger partial charge in [-0.1, -0.05) is 12.1 Å². The highest BCUT2D eigenvalue weighted by Gasteiger charge is 2.16. The number of likely N-dealkylation sites (N-methyl/N-ethyl adjacent to an activating group) is 1. The minimum atomic E-state index is -0.528. The van der Waals surface area contributed by atoms with Gasteiger partial charge >= 0.3 is 0 Å². The van der Waals surface area contributed by atoms with Crippen LogP contribution in [0.3, 0.4) is 0 Å². The largest absolute Gasteiger partial charge is 0.368 e. The summed E-state index contributed by atoms with van der Waals surface area (Å²) in [5.74, 6) is -0.756. The fraction of sp³-hybridized carbons (Fsp3) is 0.273. The number of primary amides is 1. The first-order valence-corrected chi connectivity index (χ1v) is 5.51. The number of rotatable bonds is 3. The lowest BCUT2D eigenvalue weighted by Gasteiger charge is -2.16. The third-order valence-corrected chi connectivity index (χ3v) is 3.21. The monoisotopic (exact) mass is 284 g/mol. The Balaban J connectivity index is 2.96. The lowest BCUT2D eigenvalue weighted by Crippen LogP contribution is -2.35. The van der Waals surface area contributed by atoms with Crippen LogP contribution in [-0.4, -0.2) is 30.3 Å². The molecule has 0 aliphatic heterocycles. The molecule has 86 valence electrons. The molecule has 0 saturated carbocycles. The van der Waals surface area contributed by atoms with Gasteiger partial charge in [0.15, 0.2) is 0 Å². The van der Waals surface area contributed by atoms with Crippen LogP contribution in [0.5, 0.6) is 0 Å². The summed E-state index contributed by atoms with van der Waals surface area (Å²) < 4.78 is 0.747. The summed E-state index contributed by atoms with van der Waals surface area (Å²) in [6.45, 7) is 1.81. The lowest BCUT2D eigenvalue weighted by atomic mass is 10.1. The second kappa shape index (κ2) is 5.12. The van der Waals surface area contributed by atoms with Gasteiger partial charge < -0.3 is 10.6 Å². The normalized spacial score (nSPS) is 9.94. The van der Waals surface area contributed by atoms with Crippen LogP contribution in [0.15, 0.2) is 22.7 Å². The molecule has 5 heteroatoms. The predicted molar refractivity (Wildman–Crippen MR) is 65.0 cm³/mol. The summed E-state index contributed by atoms with van der Waals surface area (Å²) in [4.78, 5) is 23.9. The fourth-order valence-electron chi connectivity index (χ4n) is 1.32. The molecule has 0 spiro atoms. The second-order valence-corrected chi connectivity index (χ2v) is 4.36. The summed E-state index contributed by atoms with van der Waals surface area (Å²) >= 11 is 3.35. The van der Waals surface area contributed by atoms with Crippen molar-refractivity contribution in [1.82, 2.24) is 4.90 Å². The number of hydrogen-bond acceptors (Lipinski definition) is 2. The van der Waals surface area contributed by atoms with Gasteiger partial charge in [0, 0.05) is 11.5 Å². The van der Waals surface area contributed by atoms with E-state index in [1.807, 2.05) is 13.0 Å². The Labute approximate surface area is 103 Å². The van der Waals surface area contributed by atoms with E-state index in [2.05, 4.69) is 15.9 Å². The van der Waals surface area contributed by atoms with Crippen LogP contribution < -0.4 is 5.73 Å². The summed E-state index contributed by atoms with van der Waals surface area (Å²) in [5.41, 5.74) is 6.53. The summed E-state index contributed by atoms with van der Waals surface area (Å²) in [7, 11) is 1.54. The number of hydrogen-bond donors (Lipinski definition) is 1. The minimum Gasteiger partial charge on any atom is -0.368 e. The van der Waals surface area contributed by atoms with Crippen LogP contribution in [-0.2, 0) is 4.79 Å². The molecular weight excluding hydrogens is 272 g/mol. The highest BCUT2D eigenvalue weighted by atomic mass is 79.9. The summed E-state index contributed by atoms with van der Waals surface area (Å²) in [6, 6.07) is 5.40. The van der Waals surface area contributed by atoms with Gasteiger partial charge in [-0.3, -0.25) is 9.59 Å². The molecule has 0 heterocycles. The number of amides is 2. The Kier molecular flexibility index (Phi) is 4.06. The average Bonchev–Trinajstić information content (AvgIpc) is 2.20. The van der Waals surface area contributed by atoms with Crippen molar-refractivity contribution in [2.75, 3.05) is 13.6 Å². The number of halogens is 1. The van der Waals surface area contributed by atoms with Crippen molar-refractivity contribution in [3.63, 3.8) is 0 Å². The third kappa shape index (κ3) is 2.82. The molecule has 0 atom stereocenters. The van der Waals surface area contributed by atoms with Crippen molar-refractivity contribution < 1.29 is 9.59 Å². The van der Waals surface area contributed by atoms with Gasteiger partial charge in [0.2, 0.25) is 5.91 Å². The SMILES string of the molecule is Cc1cccc(C(=O)N(C)CC(N)=O)c1Br. The molecule has 16 heavy (non-hydrogen) atoms. The molecule has 4 nitrogen and oxygen atoms in total. The predicted octanol–water partition coefficient (Wildman–Crippen LogP) is 1.31. The number of aryl methyl sites for hydroxylation is 1. The molecule has 0 bridgehead atoms. The highest BCUT2D eigenvalue weighted by Crippen LogP contribution is 2.21. The first-order chi connectivity index (χ1) is 7.43. The van der Waals surface area contributed by atoms with Gasteiger partial charge in [-0.2, -0.15) is 0 Å². The van der Waals surface area contributed by atoms with Crippen LogP contribution in [0.4, 0.5) is 0 Å². The van der Waals surface area contributed by atoms with E-state index in [1.165, 1.54) is 4.90 Å². The Morgan fingerprint density at radius 2 is 2.06 bits per heavy atom. The first kappa shape index (κ1) is 12.7. The van der Waals surface area contributed by atoms with E-state index in [1.54, 1.807) is 19.2 Å². The lowest BCUT2D eigenvalue weighted by molar-refractivity contribution is -0.118. The topological polar surface area (TPSA) is 63.4 Å². The number of nitrogens with zero attached hydrogens (tertiary/aromatic N) is 1. The summed E-state index contributed by atoms with van der Waals surface area (Å²) in [5, 5.41) is 0. The molecule has 1 aromatic rings. The molecule has 0 unspecified atom stereocenters. The molecule has 0 aliphatic carbocycles. The molecular formula is C11H13BrN2O2. The molecule has 1 aromatic carbocycles. The Hall–Kier alpha value is -1.36. The fourth-order valence-corrected chi connectivity index (χ4v) is 1.76. The maximum absolute atomic E-state index is 11.9. The molecule has 2 N–H and O–H groups in total. The van der Waals surface area contributed by atoms with E-state index in [0.29, 0.717) is 5.56 Å². The highest BCUT2D eigenvalue weighted by molar-refractivity contribution is 9.10. The van der Waals surface area contributed by atoms with Gasteiger partial charge in [-0.15, -0.1) is 0 Å². The van der Waals surface area contributed by atoms with Gasteiger partial charge in [-0.05, 0) is 34.5 Å². The van der Waals surface area contributed by atoms with Crippen LogP contribution in [0.1, 0.15) is 15.9 Å². The number of carbonyl (C=O) groups excluding carboxylic acids is 2. The van der Waals surface area contributed by atoms with E-state index in [9.17, 15) is 9.59 Å². The van der Waals surface area contributed by atoms with Gasteiger partial charge in [0.25, 0.3) is 5.91 Å². The zero-order valence-electron chi connectivity index (χ0n) is 9.16. The minimum absolute atomic E-state index is 0.0841. The van der Waals surface area contributed by atoms with E-state index < -0.39 is 5.91 Å². The van der Waals surface area contributed by atoms with E-state index in [4.69, 9.17) is 5.73 Å². The van der Waals surface area contributed by atoms with Crippen molar-refractivity contribution in [2.24, 2.45) is 5.73 Å². The van der Waals surface area contributed by atoms with Crippen molar-refractivity contribution >= 4 is 27.7 Å². The standard InChI is InChI=1S/C11H13BrN2O2/c1-7-4-3-5-8(10(7)12)11(16)14(2)6-9(13)15/h3-5H,6H2,1-2H3,(H2,13,15). The number of carbonyl (C=O) groups is 2. The van der Waals surface area contributed by atoms with Crippen molar-refractivity contribution in [3.05, 3.63) is 33.8 Å². The molecule has 0 radical (unpaired) electrons. The quantitative estimate of drug-likeness (QED) is 0.910. The zero-order chi connectivity index (χ0) is 12.3. The van der Waals surface area contributed by atoms with Gasteiger partial charge in [0.1, 0.15) is 0 Å². The van der Waals surface area contributed by atoms with Crippen molar-refractivity contribution in [3.8, 4) is 0 Å².